The minimum Gasteiger partial charge on any atom is -0.297 e. The van der Waals surface area contributed by atoms with Crippen molar-refractivity contribution >= 4 is 17.5 Å². The number of thioether (sulfide) groups is 1. The molecule has 0 bridgehead atoms. The van der Waals surface area contributed by atoms with E-state index in [1.165, 1.54) is 0 Å². The van der Waals surface area contributed by atoms with E-state index < -0.39 is 0 Å². The number of rotatable bonds is 2. The molecule has 0 spiro atoms. The molecule has 1 rings (SSSR count). The van der Waals surface area contributed by atoms with Gasteiger partial charge in [0.2, 0.25) is 0 Å². The zero-order valence-corrected chi connectivity index (χ0v) is 7.25. The van der Waals surface area contributed by atoms with Gasteiger partial charge in [-0.05, 0) is 13.3 Å². The molecular formula is C7H13NOS. The Bertz CT molecular complexity index is 141. The molecular weight excluding hydrogens is 146 g/mol. The van der Waals surface area contributed by atoms with E-state index in [9.17, 15) is 4.79 Å². The normalized spacial score (nSPS) is 32.6. The molecule has 3 heteroatoms. The lowest BCUT2D eigenvalue weighted by Gasteiger charge is -2.22. The van der Waals surface area contributed by atoms with Crippen molar-refractivity contribution < 1.29 is 4.79 Å². The van der Waals surface area contributed by atoms with Crippen LogP contribution in [0.5, 0.6) is 0 Å². The molecule has 0 saturated carbocycles. The maximum absolute atomic E-state index is 11.1. The molecule has 0 amide bonds. The van der Waals surface area contributed by atoms with Gasteiger partial charge in [0.25, 0.3) is 0 Å². The first-order chi connectivity index (χ1) is 4.71. The minimum atomic E-state index is -0.236. The molecule has 0 aromatic rings. The molecule has 1 aliphatic heterocycles. The number of Topliss-reactive ketones (excluding diaryl/α,β-unsaturated/α-hetero) is 1. The average Bonchev–Trinajstić information content (AvgIpc) is 2.35. The van der Waals surface area contributed by atoms with Gasteiger partial charge in [0.15, 0.2) is 5.78 Å². The molecule has 1 unspecified atom stereocenters. The van der Waals surface area contributed by atoms with Crippen LogP contribution >= 0.6 is 11.8 Å². The van der Waals surface area contributed by atoms with E-state index in [2.05, 4.69) is 5.32 Å². The van der Waals surface area contributed by atoms with Crippen molar-refractivity contribution in [3.63, 3.8) is 0 Å². The van der Waals surface area contributed by atoms with Gasteiger partial charge < -0.3 is 0 Å². The summed E-state index contributed by atoms with van der Waals surface area (Å²) >= 11 is 1.74. The Hall–Kier alpha value is -0.0200. The maximum atomic E-state index is 11.1. The molecule has 0 aromatic heterocycles. The predicted molar refractivity (Wildman–Crippen MR) is 44.2 cm³/mol. The van der Waals surface area contributed by atoms with Gasteiger partial charge in [-0.15, -0.1) is 11.8 Å². The average molecular weight is 159 g/mol. The number of hydrogen-bond acceptors (Lipinski definition) is 3. The monoisotopic (exact) mass is 159 g/mol. The molecule has 1 heterocycles. The van der Waals surface area contributed by atoms with Crippen molar-refractivity contribution in [3.05, 3.63) is 0 Å². The van der Waals surface area contributed by atoms with Crippen molar-refractivity contribution in [1.29, 1.82) is 0 Å². The van der Waals surface area contributed by atoms with Crippen molar-refractivity contribution in [1.82, 2.24) is 5.32 Å². The highest BCUT2D eigenvalue weighted by Crippen LogP contribution is 2.30. The number of nitrogens with one attached hydrogen (secondary N) is 1. The largest absolute Gasteiger partial charge is 0.297 e. The van der Waals surface area contributed by atoms with Crippen LogP contribution in [0.1, 0.15) is 20.3 Å². The summed E-state index contributed by atoms with van der Waals surface area (Å²) in [5, 5.41) is 3.23. The van der Waals surface area contributed by atoms with Crippen LogP contribution in [0.25, 0.3) is 0 Å². The molecule has 58 valence electrons. The Morgan fingerprint density at radius 1 is 1.80 bits per heavy atom. The van der Waals surface area contributed by atoms with Crippen LogP contribution < -0.4 is 5.32 Å². The lowest BCUT2D eigenvalue weighted by atomic mass is 10.1. The van der Waals surface area contributed by atoms with Crippen LogP contribution in [-0.4, -0.2) is 23.0 Å². The summed E-state index contributed by atoms with van der Waals surface area (Å²) in [5.74, 6) is 1.32. The second-order valence-electron chi connectivity index (χ2n) is 2.51. The quantitative estimate of drug-likeness (QED) is 0.652. The third kappa shape index (κ3) is 1.20. The first-order valence-electron chi connectivity index (χ1n) is 3.61. The Balaban J connectivity index is 2.67. The van der Waals surface area contributed by atoms with Crippen LogP contribution in [-0.2, 0) is 4.79 Å². The second-order valence-corrected chi connectivity index (χ2v) is 3.91. The molecule has 1 fully saturated rings. The molecule has 0 aromatic carbocycles. The van der Waals surface area contributed by atoms with Crippen LogP contribution in [0, 0.1) is 0 Å². The van der Waals surface area contributed by atoms with E-state index in [0.717, 1.165) is 18.7 Å². The smallest absolute Gasteiger partial charge is 0.160 e. The van der Waals surface area contributed by atoms with Crippen LogP contribution in [0.15, 0.2) is 0 Å². The Kier molecular flexibility index (Phi) is 2.36. The third-order valence-electron chi connectivity index (χ3n) is 1.93. The zero-order valence-electron chi connectivity index (χ0n) is 6.44. The molecule has 0 aliphatic carbocycles. The molecule has 0 radical (unpaired) electrons. The minimum absolute atomic E-state index is 0.236. The Morgan fingerprint density at radius 3 is 2.70 bits per heavy atom. The molecule has 1 saturated heterocycles. The summed E-state index contributed by atoms with van der Waals surface area (Å²) in [6.07, 6.45) is 0.896. The lowest BCUT2D eigenvalue weighted by molar-refractivity contribution is -0.119. The van der Waals surface area contributed by atoms with E-state index in [1.54, 1.807) is 18.7 Å². The van der Waals surface area contributed by atoms with Crippen molar-refractivity contribution in [2.75, 3.05) is 12.3 Å². The summed E-state index contributed by atoms with van der Waals surface area (Å²) in [6, 6.07) is 0. The van der Waals surface area contributed by atoms with Gasteiger partial charge in [-0.1, -0.05) is 6.92 Å². The third-order valence-corrected chi connectivity index (χ3v) is 3.55. The van der Waals surface area contributed by atoms with E-state index in [0.29, 0.717) is 0 Å². The zero-order chi connectivity index (χ0) is 7.61. The second kappa shape index (κ2) is 2.93. The number of carbonyl (C=O) groups is 1. The molecule has 1 N–H and O–H groups in total. The molecule has 2 nitrogen and oxygen atoms in total. The summed E-state index contributed by atoms with van der Waals surface area (Å²) in [7, 11) is 0. The summed E-state index contributed by atoms with van der Waals surface area (Å²) in [5.41, 5.74) is 0. The Labute approximate surface area is 65.8 Å². The van der Waals surface area contributed by atoms with Gasteiger partial charge in [0, 0.05) is 12.3 Å². The van der Waals surface area contributed by atoms with E-state index in [4.69, 9.17) is 0 Å². The number of ketones is 1. The van der Waals surface area contributed by atoms with Gasteiger partial charge in [-0.2, -0.15) is 0 Å². The van der Waals surface area contributed by atoms with Crippen molar-refractivity contribution in [2.24, 2.45) is 0 Å². The fourth-order valence-corrected chi connectivity index (χ4v) is 2.40. The highest BCUT2D eigenvalue weighted by atomic mass is 32.2. The fraction of sp³-hybridized carbons (Fsp3) is 0.857. The van der Waals surface area contributed by atoms with Crippen molar-refractivity contribution in [2.45, 2.75) is 25.1 Å². The van der Waals surface area contributed by atoms with Gasteiger partial charge >= 0.3 is 0 Å². The fourth-order valence-electron chi connectivity index (χ4n) is 1.23. The number of carbonyl (C=O) groups excluding carboxylic acids is 1. The highest BCUT2D eigenvalue weighted by molar-refractivity contribution is 8.01. The first kappa shape index (κ1) is 8.08. The van der Waals surface area contributed by atoms with E-state index in [1.807, 2.05) is 6.92 Å². The van der Waals surface area contributed by atoms with Gasteiger partial charge in [-0.3, -0.25) is 10.1 Å². The summed E-state index contributed by atoms with van der Waals surface area (Å²) < 4.78 is 0. The Morgan fingerprint density at radius 2 is 2.50 bits per heavy atom. The van der Waals surface area contributed by atoms with E-state index >= 15 is 0 Å². The predicted octanol–water partition coefficient (Wildman–Crippen LogP) is 1.02. The first-order valence-corrected chi connectivity index (χ1v) is 4.60. The topological polar surface area (TPSA) is 29.1 Å². The maximum Gasteiger partial charge on any atom is 0.160 e. The van der Waals surface area contributed by atoms with Crippen LogP contribution in [0.4, 0.5) is 0 Å². The molecule has 10 heavy (non-hydrogen) atoms. The molecule has 1 aliphatic rings. The SMILES string of the molecule is CCC1(C(C)=O)NCCS1. The van der Waals surface area contributed by atoms with Crippen LogP contribution in [0.3, 0.4) is 0 Å². The molecule has 1 atom stereocenters. The highest BCUT2D eigenvalue weighted by Gasteiger charge is 2.36. The number of hydrogen-bond donors (Lipinski definition) is 1. The summed E-state index contributed by atoms with van der Waals surface area (Å²) in [4.78, 5) is 10.9. The van der Waals surface area contributed by atoms with E-state index in [-0.39, 0.29) is 10.7 Å². The standard InChI is InChI=1S/C7H13NOS/c1-3-7(6(2)9)8-4-5-10-7/h8H,3-5H2,1-2H3. The lowest BCUT2D eigenvalue weighted by Crippen LogP contribution is -2.43. The van der Waals surface area contributed by atoms with Crippen molar-refractivity contribution in [3.8, 4) is 0 Å². The van der Waals surface area contributed by atoms with Gasteiger partial charge in [0.1, 0.15) is 4.87 Å². The van der Waals surface area contributed by atoms with Crippen LogP contribution in [0.2, 0.25) is 0 Å². The summed E-state index contributed by atoms with van der Waals surface area (Å²) in [6.45, 7) is 4.68. The van der Waals surface area contributed by atoms with Gasteiger partial charge in [-0.25, -0.2) is 0 Å². The van der Waals surface area contributed by atoms with Gasteiger partial charge in [0.05, 0.1) is 0 Å².